The van der Waals surface area contributed by atoms with E-state index in [0.717, 1.165) is 6.54 Å². The Labute approximate surface area is 118 Å². The number of likely N-dealkylation sites (tertiary alicyclic amines) is 1. The van der Waals surface area contributed by atoms with E-state index in [1.807, 2.05) is 11.8 Å². The van der Waals surface area contributed by atoms with E-state index in [9.17, 15) is 9.59 Å². The van der Waals surface area contributed by atoms with Gasteiger partial charge in [0.05, 0.1) is 5.92 Å². The number of hydrogen-bond acceptors (Lipinski definition) is 3. The van der Waals surface area contributed by atoms with Crippen LogP contribution < -0.4 is 5.32 Å². The summed E-state index contributed by atoms with van der Waals surface area (Å²) in [5.41, 5.74) is 0. The Morgan fingerprint density at radius 1 is 1.47 bits per heavy atom. The van der Waals surface area contributed by atoms with Crippen LogP contribution in [-0.4, -0.2) is 52.6 Å². The van der Waals surface area contributed by atoms with E-state index in [2.05, 4.69) is 11.6 Å². The molecule has 1 saturated heterocycles. The van der Waals surface area contributed by atoms with Crippen LogP contribution in [-0.2, 0) is 4.79 Å². The maximum atomic E-state index is 11.9. The number of aliphatic carboxylic acids is 1. The molecule has 1 aliphatic carbocycles. The minimum Gasteiger partial charge on any atom is -0.481 e. The van der Waals surface area contributed by atoms with Gasteiger partial charge in [-0.2, -0.15) is 11.8 Å². The molecule has 0 aromatic heterocycles. The zero-order valence-corrected chi connectivity index (χ0v) is 12.3. The lowest BCUT2D eigenvalue weighted by Gasteiger charge is -2.44. The fourth-order valence-electron chi connectivity index (χ4n) is 2.57. The summed E-state index contributed by atoms with van der Waals surface area (Å²) < 4.78 is 0.244. The van der Waals surface area contributed by atoms with E-state index in [-0.39, 0.29) is 22.6 Å². The normalized spacial score (nSPS) is 23.2. The van der Waals surface area contributed by atoms with Crippen molar-refractivity contribution < 1.29 is 14.7 Å². The second-order valence-electron chi connectivity index (χ2n) is 5.69. The van der Waals surface area contributed by atoms with Crippen molar-refractivity contribution in [3.8, 4) is 0 Å². The maximum Gasteiger partial charge on any atom is 0.317 e. The van der Waals surface area contributed by atoms with Crippen LogP contribution in [0.4, 0.5) is 4.79 Å². The predicted molar refractivity (Wildman–Crippen MR) is 75.4 cm³/mol. The van der Waals surface area contributed by atoms with Crippen molar-refractivity contribution in [2.45, 2.75) is 30.9 Å². The smallest absolute Gasteiger partial charge is 0.317 e. The van der Waals surface area contributed by atoms with Crippen molar-refractivity contribution in [2.24, 2.45) is 11.8 Å². The highest BCUT2D eigenvalue weighted by Gasteiger charge is 2.39. The van der Waals surface area contributed by atoms with Gasteiger partial charge in [-0.25, -0.2) is 4.79 Å². The minimum absolute atomic E-state index is 0.0471. The molecule has 2 fully saturated rings. The Bertz CT molecular complexity index is 359. The number of urea groups is 1. The third-order valence-electron chi connectivity index (χ3n) is 4.55. The van der Waals surface area contributed by atoms with Crippen molar-refractivity contribution in [3.05, 3.63) is 0 Å². The van der Waals surface area contributed by atoms with Gasteiger partial charge in [-0.1, -0.05) is 13.3 Å². The molecule has 19 heavy (non-hydrogen) atoms. The monoisotopic (exact) mass is 286 g/mol. The minimum atomic E-state index is -0.777. The van der Waals surface area contributed by atoms with Crippen LogP contribution in [0.2, 0.25) is 0 Å². The molecule has 0 spiro atoms. The first-order chi connectivity index (χ1) is 8.97. The summed E-state index contributed by atoms with van der Waals surface area (Å²) in [6, 6.07) is -0.0471. The SMILES string of the molecule is CSC1(CNC(=O)N2CC(C(C)C(=O)O)C2)CCC1. The summed E-state index contributed by atoms with van der Waals surface area (Å²) in [6.45, 7) is 3.55. The molecule has 2 N–H and O–H groups in total. The number of nitrogens with one attached hydrogen (secondary N) is 1. The van der Waals surface area contributed by atoms with Crippen molar-refractivity contribution in [1.29, 1.82) is 0 Å². The van der Waals surface area contributed by atoms with Crippen LogP contribution in [0.15, 0.2) is 0 Å². The van der Waals surface area contributed by atoms with Gasteiger partial charge in [0.1, 0.15) is 0 Å². The number of carbonyl (C=O) groups is 2. The molecular weight excluding hydrogens is 264 g/mol. The third kappa shape index (κ3) is 2.99. The second kappa shape index (κ2) is 5.61. The first kappa shape index (κ1) is 14.5. The molecule has 2 aliphatic rings. The van der Waals surface area contributed by atoms with Gasteiger partial charge in [0.2, 0.25) is 0 Å². The van der Waals surface area contributed by atoms with Crippen molar-refractivity contribution in [1.82, 2.24) is 10.2 Å². The van der Waals surface area contributed by atoms with E-state index in [1.54, 1.807) is 11.8 Å². The highest BCUT2D eigenvalue weighted by molar-refractivity contribution is 8.00. The largest absolute Gasteiger partial charge is 0.481 e. The number of nitrogens with zero attached hydrogens (tertiary/aromatic N) is 1. The second-order valence-corrected chi connectivity index (χ2v) is 6.97. The molecule has 0 aromatic carbocycles. The van der Waals surface area contributed by atoms with Crippen LogP contribution in [0.5, 0.6) is 0 Å². The fraction of sp³-hybridized carbons (Fsp3) is 0.846. The summed E-state index contributed by atoms with van der Waals surface area (Å²) in [6.07, 6.45) is 5.69. The van der Waals surface area contributed by atoms with Gasteiger partial charge in [0, 0.05) is 30.3 Å². The van der Waals surface area contributed by atoms with E-state index < -0.39 is 5.97 Å². The fourth-order valence-corrected chi connectivity index (χ4v) is 3.48. The topological polar surface area (TPSA) is 69.6 Å². The van der Waals surface area contributed by atoms with Gasteiger partial charge in [-0.3, -0.25) is 4.79 Å². The van der Waals surface area contributed by atoms with E-state index in [4.69, 9.17) is 5.11 Å². The average Bonchev–Trinajstić information content (AvgIpc) is 2.25. The summed E-state index contributed by atoms with van der Waals surface area (Å²) in [5.74, 6) is -1.05. The van der Waals surface area contributed by atoms with Crippen LogP contribution in [0.1, 0.15) is 26.2 Å². The first-order valence-corrected chi connectivity index (χ1v) is 8.01. The third-order valence-corrected chi connectivity index (χ3v) is 5.97. The van der Waals surface area contributed by atoms with Crippen LogP contribution >= 0.6 is 11.8 Å². The highest BCUT2D eigenvalue weighted by Crippen LogP contribution is 2.42. The molecule has 0 aromatic rings. The van der Waals surface area contributed by atoms with Crippen LogP contribution in [0.25, 0.3) is 0 Å². The molecule has 0 radical (unpaired) electrons. The molecule has 5 nitrogen and oxygen atoms in total. The van der Waals surface area contributed by atoms with Gasteiger partial charge < -0.3 is 15.3 Å². The average molecular weight is 286 g/mol. The zero-order chi connectivity index (χ0) is 14.0. The molecule has 1 atom stereocenters. The number of thioether (sulfide) groups is 1. The van der Waals surface area contributed by atoms with Crippen molar-refractivity contribution in [3.63, 3.8) is 0 Å². The molecular formula is C13H22N2O3S. The molecule has 2 amide bonds. The summed E-state index contributed by atoms with van der Waals surface area (Å²) >= 11 is 1.84. The first-order valence-electron chi connectivity index (χ1n) is 6.78. The number of rotatable bonds is 5. The summed E-state index contributed by atoms with van der Waals surface area (Å²) in [7, 11) is 0. The van der Waals surface area contributed by atoms with E-state index in [0.29, 0.717) is 13.1 Å². The Hall–Kier alpha value is -0.910. The number of amides is 2. The molecule has 1 unspecified atom stereocenters. The number of carboxylic acids is 1. The molecule has 1 aliphatic heterocycles. The zero-order valence-electron chi connectivity index (χ0n) is 11.5. The lowest BCUT2D eigenvalue weighted by atomic mass is 9.84. The van der Waals surface area contributed by atoms with Crippen molar-refractivity contribution in [2.75, 3.05) is 25.9 Å². The molecule has 6 heteroatoms. The van der Waals surface area contributed by atoms with Crippen molar-refractivity contribution >= 4 is 23.8 Å². The number of carbonyl (C=O) groups excluding carboxylic acids is 1. The number of carboxylic acid groups (broad SMARTS) is 1. The standard InChI is InChI=1S/C13H22N2O3S/c1-9(11(16)17)10-6-15(7-10)12(18)14-8-13(19-2)4-3-5-13/h9-10H,3-8H2,1-2H3,(H,14,18)(H,16,17). The Kier molecular flexibility index (Phi) is 4.28. The van der Waals surface area contributed by atoms with Gasteiger partial charge in [-0.05, 0) is 19.1 Å². The van der Waals surface area contributed by atoms with Gasteiger partial charge in [0.15, 0.2) is 0 Å². The Morgan fingerprint density at radius 3 is 2.53 bits per heavy atom. The van der Waals surface area contributed by atoms with Crippen LogP contribution in [0.3, 0.4) is 0 Å². The van der Waals surface area contributed by atoms with Crippen LogP contribution in [0, 0.1) is 11.8 Å². The molecule has 108 valence electrons. The Balaban J connectivity index is 1.70. The summed E-state index contributed by atoms with van der Waals surface area (Å²) in [5, 5.41) is 11.9. The lowest BCUT2D eigenvalue weighted by Crippen LogP contribution is -2.58. The Morgan fingerprint density at radius 2 is 2.11 bits per heavy atom. The maximum absolute atomic E-state index is 11.9. The van der Waals surface area contributed by atoms with E-state index in [1.165, 1.54) is 19.3 Å². The van der Waals surface area contributed by atoms with Gasteiger partial charge in [0.25, 0.3) is 0 Å². The molecule has 2 rings (SSSR count). The highest BCUT2D eigenvalue weighted by atomic mass is 32.2. The van der Waals surface area contributed by atoms with E-state index >= 15 is 0 Å². The number of hydrogen-bond donors (Lipinski definition) is 2. The molecule has 1 heterocycles. The molecule has 1 saturated carbocycles. The summed E-state index contributed by atoms with van der Waals surface area (Å²) in [4.78, 5) is 24.5. The predicted octanol–water partition coefficient (Wildman–Crippen LogP) is 1.63. The van der Waals surface area contributed by atoms with Gasteiger partial charge >= 0.3 is 12.0 Å². The van der Waals surface area contributed by atoms with Gasteiger partial charge in [-0.15, -0.1) is 0 Å². The quantitative estimate of drug-likeness (QED) is 0.806. The molecule has 0 bridgehead atoms. The lowest BCUT2D eigenvalue weighted by molar-refractivity contribution is -0.144.